The zero-order valence-corrected chi connectivity index (χ0v) is 10.8. The van der Waals surface area contributed by atoms with Crippen LogP contribution in [0.5, 0.6) is 0 Å². The summed E-state index contributed by atoms with van der Waals surface area (Å²) in [7, 11) is 0. The lowest BCUT2D eigenvalue weighted by atomic mass is 9.96. The standard InChI is InChI=1S/C13H11BrFNO/c14-6-8-3-4-10-9(12(8)15)5-11(17)13(16-10)7-1-2-7/h3-4,7H,1-2,5-6H2. The van der Waals surface area contributed by atoms with Crippen molar-refractivity contribution in [3.63, 3.8) is 0 Å². The van der Waals surface area contributed by atoms with Gasteiger partial charge in [-0.15, -0.1) is 0 Å². The van der Waals surface area contributed by atoms with Gasteiger partial charge in [0.1, 0.15) is 5.82 Å². The van der Waals surface area contributed by atoms with Crippen molar-refractivity contribution < 1.29 is 9.18 Å². The largest absolute Gasteiger partial charge is 0.292 e. The summed E-state index contributed by atoms with van der Waals surface area (Å²) in [6.45, 7) is 0. The molecule has 88 valence electrons. The van der Waals surface area contributed by atoms with Gasteiger partial charge in [0, 0.05) is 23.2 Å². The van der Waals surface area contributed by atoms with Crippen LogP contribution in [0.1, 0.15) is 24.0 Å². The quantitative estimate of drug-likeness (QED) is 0.770. The summed E-state index contributed by atoms with van der Waals surface area (Å²) in [6.07, 6.45) is 2.25. The zero-order chi connectivity index (χ0) is 12.0. The molecule has 1 fully saturated rings. The second kappa shape index (κ2) is 4.02. The summed E-state index contributed by atoms with van der Waals surface area (Å²) in [5, 5.41) is 0.458. The highest BCUT2D eigenvalue weighted by Gasteiger charge is 2.35. The number of halogens is 2. The molecule has 1 aliphatic heterocycles. The van der Waals surface area contributed by atoms with E-state index in [4.69, 9.17) is 0 Å². The van der Waals surface area contributed by atoms with Crippen LogP contribution in [0.4, 0.5) is 10.1 Å². The minimum atomic E-state index is -0.286. The summed E-state index contributed by atoms with van der Waals surface area (Å²) >= 11 is 3.24. The molecule has 4 heteroatoms. The van der Waals surface area contributed by atoms with Gasteiger partial charge in [0.05, 0.1) is 11.4 Å². The number of alkyl halides is 1. The molecule has 2 aliphatic rings. The van der Waals surface area contributed by atoms with Crippen LogP contribution >= 0.6 is 15.9 Å². The van der Waals surface area contributed by atoms with Crippen molar-refractivity contribution >= 4 is 33.1 Å². The highest BCUT2D eigenvalue weighted by molar-refractivity contribution is 9.08. The first-order valence-corrected chi connectivity index (χ1v) is 6.81. The maximum absolute atomic E-state index is 14.0. The lowest BCUT2D eigenvalue weighted by Gasteiger charge is -2.16. The molecule has 2 nitrogen and oxygen atoms in total. The Kier molecular flexibility index (Phi) is 2.62. The average molecular weight is 296 g/mol. The van der Waals surface area contributed by atoms with E-state index >= 15 is 0 Å². The summed E-state index contributed by atoms with van der Waals surface area (Å²) < 4.78 is 14.0. The fraction of sp³-hybridized carbons (Fsp3) is 0.385. The van der Waals surface area contributed by atoms with Crippen LogP contribution in [0.3, 0.4) is 0 Å². The molecule has 0 bridgehead atoms. The van der Waals surface area contributed by atoms with Gasteiger partial charge in [-0.3, -0.25) is 4.79 Å². The third kappa shape index (κ3) is 1.84. The van der Waals surface area contributed by atoms with E-state index in [-0.39, 0.29) is 18.0 Å². The fourth-order valence-electron chi connectivity index (χ4n) is 2.15. The maximum Gasteiger partial charge on any atom is 0.181 e. The van der Waals surface area contributed by atoms with Crippen molar-refractivity contribution in [1.82, 2.24) is 0 Å². The maximum atomic E-state index is 14.0. The minimum absolute atomic E-state index is 0.00868. The van der Waals surface area contributed by atoms with Crippen LogP contribution in [0.15, 0.2) is 17.1 Å². The first-order valence-electron chi connectivity index (χ1n) is 5.68. The van der Waals surface area contributed by atoms with Crippen molar-refractivity contribution in [3.05, 3.63) is 29.1 Å². The SMILES string of the molecule is O=C1Cc2c(ccc(CBr)c2F)N=C1C1CC1. The van der Waals surface area contributed by atoms with Crippen LogP contribution in [-0.2, 0) is 16.5 Å². The lowest BCUT2D eigenvalue weighted by Crippen LogP contribution is -2.22. The summed E-state index contributed by atoms with van der Waals surface area (Å²) in [5.41, 5.74) is 2.33. The first kappa shape index (κ1) is 11.1. The number of hydrogen-bond acceptors (Lipinski definition) is 2. The van der Waals surface area contributed by atoms with E-state index in [2.05, 4.69) is 20.9 Å². The molecule has 0 amide bonds. The molecule has 0 N–H and O–H groups in total. The van der Waals surface area contributed by atoms with Crippen molar-refractivity contribution in [1.29, 1.82) is 0 Å². The first-order chi connectivity index (χ1) is 8.20. The van der Waals surface area contributed by atoms with Gasteiger partial charge in [-0.2, -0.15) is 0 Å². The van der Waals surface area contributed by atoms with Gasteiger partial charge >= 0.3 is 0 Å². The van der Waals surface area contributed by atoms with E-state index in [1.807, 2.05) is 6.07 Å². The number of carbonyl (C=O) groups is 1. The van der Waals surface area contributed by atoms with Gasteiger partial charge in [0.25, 0.3) is 0 Å². The van der Waals surface area contributed by atoms with Gasteiger partial charge in [0.2, 0.25) is 0 Å². The number of nitrogens with zero attached hydrogens (tertiary/aromatic N) is 1. The Balaban J connectivity index is 2.10. The Bertz CT molecular complexity index is 534. The molecule has 0 radical (unpaired) electrons. The molecule has 0 saturated heterocycles. The molecule has 0 aromatic heterocycles. The van der Waals surface area contributed by atoms with Crippen LogP contribution in [0, 0.1) is 11.7 Å². The molecular weight excluding hydrogens is 285 g/mol. The molecule has 0 atom stereocenters. The molecule has 3 rings (SSSR count). The molecule has 17 heavy (non-hydrogen) atoms. The van der Waals surface area contributed by atoms with Crippen molar-refractivity contribution in [3.8, 4) is 0 Å². The third-order valence-electron chi connectivity index (χ3n) is 3.27. The number of benzene rings is 1. The summed E-state index contributed by atoms with van der Waals surface area (Å²) in [4.78, 5) is 16.2. The number of hydrogen-bond donors (Lipinski definition) is 0. The van der Waals surface area contributed by atoms with E-state index in [9.17, 15) is 9.18 Å². The fourth-order valence-corrected chi connectivity index (χ4v) is 2.59. The number of carbonyl (C=O) groups excluding carboxylic acids is 1. The molecule has 1 aromatic carbocycles. The van der Waals surface area contributed by atoms with E-state index < -0.39 is 0 Å². The number of rotatable bonds is 2. The summed E-state index contributed by atoms with van der Waals surface area (Å²) in [5.74, 6) is 0.0338. The van der Waals surface area contributed by atoms with Gasteiger partial charge in [-0.25, -0.2) is 9.38 Å². The third-order valence-corrected chi connectivity index (χ3v) is 3.87. The van der Waals surface area contributed by atoms with Crippen LogP contribution < -0.4 is 0 Å². The Morgan fingerprint density at radius 1 is 1.41 bits per heavy atom. The number of Topliss-reactive ketones (excluding diaryl/α,β-unsaturated/α-hetero) is 1. The lowest BCUT2D eigenvalue weighted by molar-refractivity contribution is -0.112. The van der Waals surface area contributed by atoms with Gasteiger partial charge in [0.15, 0.2) is 5.78 Å². The number of ketones is 1. The predicted octanol–water partition coefficient (Wildman–Crippen LogP) is 3.33. The topological polar surface area (TPSA) is 29.4 Å². The van der Waals surface area contributed by atoms with Crippen LogP contribution in [-0.4, -0.2) is 11.5 Å². The van der Waals surface area contributed by atoms with E-state index in [0.29, 0.717) is 33.8 Å². The normalized spacial score (nSPS) is 18.9. The highest BCUT2D eigenvalue weighted by atomic mass is 79.9. The molecule has 1 saturated carbocycles. The second-order valence-corrected chi connectivity index (χ2v) is 5.10. The van der Waals surface area contributed by atoms with Crippen molar-refractivity contribution in [2.45, 2.75) is 24.6 Å². The van der Waals surface area contributed by atoms with E-state index in [0.717, 1.165) is 12.8 Å². The number of fused-ring (bicyclic) bond motifs is 1. The smallest absolute Gasteiger partial charge is 0.181 e. The van der Waals surface area contributed by atoms with E-state index in [1.54, 1.807) is 6.07 Å². The Labute approximate surface area is 107 Å². The monoisotopic (exact) mass is 295 g/mol. The predicted molar refractivity (Wildman–Crippen MR) is 67.6 cm³/mol. The molecular formula is C13H11BrFNO. The highest BCUT2D eigenvalue weighted by Crippen LogP contribution is 2.37. The molecule has 1 aliphatic carbocycles. The molecule has 1 heterocycles. The summed E-state index contributed by atoms with van der Waals surface area (Å²) in [6, 6.07) is 3.54. The molecule has 1 aromatic rings. The van der Waals surface area contributed by atoms with Crippen molar-refractivity contribution in [2.24, 2.45) is 10.9 Å². The Morgan fingerprint density at radius 2 is 2.18 bits per heavy atom. The van der Waals surface area contributed by atoms with Crippen LogP contribution in [0.25, 0.3) is 0 Å². The second-order valence-electron chi connectivity index (χ2n) is 4.54. The average Bonchev–Trinajstić information content (AvgIpc) is 3.14. The molecule has 0 unspecified atom stereocenters. The van der Waals surface area contributed by atoms with E-state index in [1.165, 1.54) is 0 Å². The minimum Gasteiger partial charge on any atom is -0.292 e. The molecule has 0 spiro atoms. The number of aliphatic imine (C=N–C) groups is 1. The van der Waals surface area contributed by atoms with Gasteiger partial charge < -0.3 is 0 Å². The van der Waals surface area contributed by atoms with Gasteiger partial charge in [-0.05, 0) is 24.5 Å². The zero-order valence-electron chi connectivity index (χ0n) is 9.17. The van der Waals surface area contributed by atoms with Gasteiger partial charge in [-0.1, -0.05) is 22.0 Å². The Morgan fingerprint density at radius 3 is 2.82 bits per heavy atom. The Hall–Kier alpha value is -1.03. The van der Waals surface area contributed by atoms with Crippen molar-refractivity contribution in [2.75, 3.05) is 0 Å². The van der Waals surface area contributed by atoms with Crippen LogP contribution in [0.2, 0.25) is 0 Å².